The fourth-order valence-corrected chi connectivity index (χ4v) is 2.28. The van der Waals surface area contributed by atoms with Gasteiger partial charge in [-0.15, -0.1) is 0 Å². The van der Waals surface area contributed by atoms with Crippen molar-refractivity contribution < 1.29 is 14.8 Å². The van der Waals surface area contributed by atoms with Crippen LogP contribution in [0.4, 0.5) is 11.4 Å². The van der Waals surface area contributed by atoms with E-state index in [1.165, 1.54) is 18.2 Å². The number of carbonyl (C=O) groups is 1. The van der Waals surface area contributed by atoms with Crippen molar-refractivity contribution in [2.75, 3.05) is 18.4 Å². The minimum atomic E-state index is -0.625. The van der Waals surface area contributed by atoms with E-state index in [4.69, 9.17) is 0 Å². The van der Waals surface area contributed by atoms with Crippen molar-refractivity contribution in [3.63, 3.8) is 0 Å². The summed E-state index contributed by atoms with van der Waals surface area (Å²) >= 11 is 0. The number of aromatic hydroxyl groups is 1. The number of rotatable bonds is 3. The van der Waals surface area contributed by atoms with Crippen molar-refractivity contribution in [3.05, 3.63) is 28.3 Å². The molecule has 0 aromatic heterocycles. The summed E-state index contributed by atoms with van der Waals surface area (Å²) in [6.45, 7) is 3.29. The maximum atomic E-state index is 12.3. The number of nitrogens with one attached hydrogen (secondary N) is 2. The summed E-state index contributed by atoms with van der Waals surface area (Å²) in [5.74, 6) is -0.603. The molecule has 1 heterocycles. The molecule has 3 N–H and O–H groups in total. The number of anilines is 1. The van der Waals surface area contributed by atoms with E-state index in [-0.39, 0.29) is 23.0 Å². The largest absolute Gasteiger partial charge is 0.505 e. The minimum Gasteiger partial charge on any atom is -0.505 e. The van der Waals surface area contributed by atoms with Crippen LogP contribution in [-0.2, 0) is 4.79 Å². The maximum absolute atomic E-state index is 12.3. The zero-order valence-corrected chi connectivity index (χ0v) is 11.2. The van der Waals surface area contributed by atoms with Gasteiger partial charge in [-0.25, -0.2) is 0 Å². The lowest BCUT2D eigenvalue weighted by molar-refractivity contribution is -0.384. The molecule has 0 bridgehead atoms. The third kappa shape index (κ3) is 2.72. The topological polar surface area (TPSA) is 104 Å². The van der Waals surface area contributed by atoms with Gasteiger partial charge in [0.25, 0.3) is 5.69 Å². The van der Waals surface area contributed by atoms with Gasteiger partial charge in [-0.2, -0.15) is 0 Å². The van der Waals surface area contributed by atoms with Gasteiger partial charge >= 0.3 is 0 Å². The Bertz CT molecular complexity index is 538. The molecular formula is C13H17N3O4. The van der Waals surface area contributed by atoms with Crippen LogP contribution in [0.1, 0.15) is 19.8 Å². The Morgan fingerprint density at radius 1 is 1.45 bits per heavy atom. The minimum absolute atomic E-state index is 0.137. The van der Waals surface area contributed by atoms with E-state index in [1.807, 2.05) is 6.92 Å². The molecular weight excluding hydrogens is 262 g/mol. The predicted octanol–water partition coefficient (Wildman–Crippen LogP) is 1.63. The second-order valence-electron chi connectivity index (χ2n) is 5.19. The summed E-state index contributed by atoms with van der Waals surface area (Å²) in [5.41, 5.74) is -1.03. The van der Waals surface area contributed by atoms with Crippen LogP contribution in [0.5, 0.6) is 5.75 Å². The quantitative estimate of drug-likeness (QED) is 0.443. The van der Waals surface area contributed by atoms with Crippen LogP contribution < -0.4 is 10.6 Å². The van der Waals surface area contributed by atoms with E-state index < -0.39 is 10.3 Å². The average Bonchev–Trinajstić information content (AvgIpc) is 2.41. The van der Waals surface area contributed by atoms with Gasteiger partial charge in [-0.3, -0.25) is 14.9 Å². The number of nitrogens with zero attached hydrogens (tertiary/aromatic N) is 1. The summed E-state index contributed by atoms with van der Waals surface area (Å²) in [7, 11) is 0. The number of para-hydroxylation sites is 1. The van der Waals surface area contributed by atoms with Crippen molar-refractivity contribution in [1.82, 2.24) is 5.32 Å². The fourth-order valence-electron chi connectivity index (χ4n) is 2.28. The van der Waals surface area contributed by atoms with E-state index in [0.29, 0.717) is 12.8 Å². The lowest BCUT2D eigenvalue weighted by atomic mass is 9.80. The highest BCUT2D eigenvalue weighted by atomic mass is 16.6. The molecule has 0 atom stereocenters. The molecule has 1 aliphatic heterocycles. The number of benzene rings is 1. The molecule has 1 aromatic rings. The van der Waals surface area contributed by atoms with Crippen LogP contribution in [0.15, 0.2) is 18.2 Å². The van der Waals surface area contributed by atoms with Gasteiger partial charge in [-0.05, 0) is 32.0 Å². The molecule has 1 aliphatic rings. The van der Waals surface area contributed by atoms with Gasteiger partial charge in [0.15, 0.2) is 5.69 Å². The Morgan fingerprint density at radius 2 is 2.10 bits per heavy atom. The van der Waals surface area contributed by atoms with Crippen molar-refractivity contribution in [2.45, 2.75) is 19.8 Å². The molecule has 0 radical (unpaired) electrons. The van der Waals surface area contributed by atoms with Crippen molar-refractivity contribution >= 4 is 17.3 Å². The number of hydrogen-bond donors (Lipinski definition) is 3. The van der Waals surface area contributed by atoms with Gasteiger partial charge in [0.2, 0.25) is 5.91 Å². The third-order valence-electron chi connectivity index (χ3n) is 3.71. The first-order valence-corrected chi connectivity index (χ1v) is 6.42. The standard InChI is InChI=1S/C13H17N3O4/c1-13(5-7-14-8-6-13)12(18)15-11-9(16(19)20)3-2-4-10(11)17/h2-4,14,17H,5-8H2,1H3,(H,15,18). The van der Waals surface area contributed by atoms with E-state index in [1.54, 1.807) is 0 Å². The molecule has 108 valence electrons. The zero-order valence-electron chi connectivity index (χ0n) is 11.2. The van der Waals surface area contributed by atoms with Gasteiger partial charge in [-0.1, -0.05) is 13.0 Å². The number of phenolic OH excluding ortho intramolecular Hbond substituents is 1. The monoisotopic (exact) mass is 279 g/mol. The van der Waals surface area contributed by atoms with Crippen LogP contribution in [-0.4, -0.2) is 29.0 Å². The van der Waals surface area contributed by atoms with Gasteiger partial charge in [0.05, 0.1) is 4.92 Å². The fraction of sp³-hybridized carbons (Fsp3) is 0.462. The van der Waals surface area contributed by atoms with E-state index >= 15 is 0 Å². The summed E-state index contributed by atoms with van der Waals surface area (Å²) in [6.07, 6.45) is 1.31. The Labute approximate surface area is 116 Å². The van der Waals surface area contributed by atoms with Crippen LogP contribution in [0.3, 0.4) is 0 Å². The highest BCUT2D eigenvalue weighted by molar-refractivity contribution is 5.98. The van der Waals surface area contributed by atoms with Crippen LogP contribution >= 0.6 is 0 Å². The molecule has 1 amide bonds. The Morgan fingerprint density at radius 3 is 2.70 bits per heavy atom. The molecule has 20 heavy (non-hydrogen) atoms. The Balaban J connectivity index is 2.25. The molecule has 7 heteroatoms. The molecule has 2 rings (SSSR count). The molecule has 0 aliphatic carbocycles. The van der Waals surface area contributed by atoms with Crippen molar-refractivity contribution in [3.8, 4) is 5.75 Å². The first kappa shape index (κ1) is 14.3. The number of nitro groups is 1. The lowest BCUT2D eigenvalue weighted by Crippen LogP contribution is -2.42. The molecule has 1 fully saturated rings. The Kier molecular flexibility index (Phi) is 3.89. The maximum Gasteiger partial charge on any atom is 0.296 e. The number of piperidine rings is 1. The molecule has 0 spiro atoms. The van der Waals surface area contributed by atoms with Gasteiger partial charge in [0, 0.05) is 11.5 Å². The van der Waals surface area contributed by atoms with Crippen molar-refractivity contribution in [2.24, 2.45) is 5.41 Å². The smallest absolute Gasteiger partial charge is 0.296 e. The zero-order chi connectivity index (χ0) is 14.8. The summed E-state index contributed by atoms with van der Waals surface area (Å²) in [5, 5.41) is 26.4. The van der Waals surface area contributed by atoms with Crippen LogP contribution in [0, 0.1) is 15.5 Å². The highest BCUT2D eigenvalue weighted by Crippen LogP contribution is 2.36. The first-order chi connectivity index (χ1) is 9.44. The molecule has 1 aromatic carbocycles. The van der Waals surface area contributed by atoms with E-state index in [2.05, 4.69) is 10.6 Å². The molecule has 1 saturated heterocycles. The van der Waals surface area contributed by atoms with Gasteiger partial charge < -0.3 is 15.7 Å². The molecule has 0 unspecified atom stereocenters. The average molecular weight is 279 g/mol. The van der Waals surface area contributed by atoms with Gasteiger partial charge in [0.1, 0.15) is 5.75 Å². The van der Waals surface area contributed by atoms with E-state index in [0.717, 1.165) is 13.1 Å². The van der Waals surface area contributed by atoms with Crippen LogP contribution in [0.25, 0.3) is 0 Å². The second-order valence-corrected chi connectivity index (χ2v) is 5.19. The third-order valence-corrected chi connectivity index (χ3v) is 3.71. The summed E-state index contributed by atoms with van der Waals surface area (Å²) < 4.78 is 0. The predicted molar refractivity (Wildman–Crippen MR) is 73.6 cm³/mol. The highest BCUT2D eigenvalue weighted by Gasteiger charge is 2.36. The summed E-state index contributed by atoms with van der Waals surface area (Å²) in [4.78, 5) is 22.7. The second kappa shape index (κ2) is 5.46. The summed E-state index contributed by atoms with van der Waals surface area (Å²) in [6, 6.07) is 3.93. The molecule has 7 nitrogen and oxygen atoms in total. The number of carbonyl (C=O) groups excluding carboxylic acids is 1. The van der Waals surface area contributed by atoms with Crippen molar-refractivity contribution in [1.29, 1.82) is 0 Å². The number of nitro benzene ring substituents is 1. The normalized spacial score (nSPS) is 17.4. The Hall–Kier alpha value is -2.15. The number of amides is 1. The SMILES string of the molecule is CC1(C(=O)Nc2c(O)cccc2[N+](=O)[O-])CCNCC1. The number of phenols is 1. The first-order valence-electron chi connectivity index (χ1n) is 6.42. The number of hydrogen-bond acceptors (Lipinski definition) is 5. The van der Waals surface area contributed by atoms with Crippen LogP contribution in [0.2, 0.25) is 0 Å². The van der Waals surface area contributed by atoms with E-state index in [9.17, 15) is 20.0 Å². The lowest BCUT2D eigenvalue weighted by Gasteiger charge is -2.32. The molecule has 0 saturated carbocycles.